The van der Waals surface area contributed by atoms with Gasteiger partial charge >= 0.3 is 0 Å². The number of rotatable bonds is 6. The number of nitrogens with one attached hydrogen (secondary N) is 1. The number of nitro groups is 1. The summed E-state index contributed by atoms with van der Waals surface area (Å²) in [6, 6.07) is 11.9. The summed E-state index contributed by atoms with van der Waals surface area (Å²) in [6.07, 6.45) is 0. The number of carbonyl (C=O) groups excluding carboxylic acids is 1. The molecule has 29 heavy (non-hydrogen) atoms. The Labute approximate surface area is 171 Å². The number of anilines is 2. The van der Waals surface area contributed by atoms with Crippen molar-refractivity contribution in [1.82, 2.24) is 4.98 Å². The molecule has 0 atom stereocenters. The Morgan fingerprint density at radius 1 is 1.21 bits per heavy atom. The van der Waals surface area contributed by atoms with Crippen LogP contribution in [-0.2, 0) is 0 Å². The lowest BCUT2D eigenvalue weighted by atomic mass is 10.1. The van der Waals surface area contributed by atoms with E-state index in [-0.39, 0.29) is 11.3 Å². The van der Waals surface area contributed by atoms with Crippen LogP contribution in [0.4, 0.5) is 16.5 Å². The Hall–Kier alpha value is -3.46. The number of ether oxygens (including phenoxy) is 1. The van der Waals surface area contributed by atoms with E-state index in [1.807, 2.05) is 31.2 Å². The van der Waals surface area contributed by atoms with Crippen LogP contribution in [0.15, 0.2) is 42.5 Å². The van der Waals surface area contributed by atoms with Gasteiger partial charge in [0, 0.05) is 36.2 Å². The summed E-state index contributed by atoms with van der Waals surface area (Å²) in [5.41, 5.74) is 2.17. The maximum Gasteiger partial charge on any atom is 0.293 e. The molecule has 0 unspecified atom stereocenters. The second-order valence-electron chi connectivity index (χ2n) is 6.46. The van der Waals surface area contributed by atoms with Gasteiger partial charge in [-0.2, -0.15) is 0 Å². The molecule has 0 spiro atoms. The molecule has 0 aliphatic rings. The quantitative estimate of drug-likeness (QED) is 0.477. The molecule has 1 amide bonds. The van der Waals surface area contributed by atoms with Gasteiger partial charge in [-0.1, -0.05) is 0 Å². The van der Waals surface area contributed by atoms with Gasteiger partial charge in [0.15, 0.2) is 5.13 Å². The number of hydrogen-bond acceptors (Lipinski definition) is 7. The highest BCUT2D eigenvalue weighted by Crippen LogP contribution is 2.32. The molecule has 0 saturated heterocycles. The number of hydrogen-bond donors (Lipinski definition) is 1. The second-order valence-corrected chi connectivity index (χ2v) is 7.66. The van der Waals surface area contributed by atoms with Crippen molar-refractivity contribution < 1.29 is 14.5 Å². The topological polar surface area (TPSA) is 97.6 Å². The number of aryl methyl sites for hydroxylation is 1. The molecule has 0 aliphatic heterocycles. The van der Waals surface area contributed by atoms with E-state index < -0.39 is 10.8 Å². The smallest absolute Gasteiger partial charge is 0.293 e. The highest BCUT2D eigenvalue weighted by atomic mass is 32.1. The average Bonchev–Trinajstić information content (AvgIpc) is 3.07. The minimum Gasteiger partial charge on any atom is -0.497 e. The van der Waals surface area contributed by atoms with Gasteiger partial charge in [0.1, 0.15) is 11.4 Å². The van der Waals surface area contributed by atoms with E-state index in [0.29, 0.717) is 10.8 Å². The Bertz CT molecular complexity index is 1060. The number of amides is 1. The lowest BCUT2D eigenvalue weighted by Crippen LogP contribution is -2.14. The fraction of sp³-hybridized carbons (Fsp3) is 0.200. The van der Waals surface area contributed by atoms with Gasteiger partial charge in [-0.15, -0.1) is 11.3 Å². The molecule has 3 rings (SSSR count). The Balaban J connectivity index is 1.84. The van der Waals surface area contributed by atoms with Gasteiger partial charge in [0.25, 0.3) is 11.6 Å². The molecule has 9 heteroatoms. The van der Waals surface area contributed by atoms with Gasteiger partial charge in [-0.05, 0) is 43.3 Å². The third-order valence-electron chi connectivity index (χ3n) is 4.30. The van der Waals surface area contributed by atoms with Crippen molar-refractivity contribution in [3.8, 4) is 17.0 Å². The first-order valence-electron chi connectivity index (χ1n) is 8.69. The van der Waals surface area contributed by atoms with E-state index in [9.17, 15) is 14.9 Å². The summed E-state index contributed by atoms with van der Waals surface area (Å²) in [5.74, 6) is 0.298. The molecule has 8 nitrogen and oxygen atoms in total. The standard InChI is InChI=1S/C20H20N4O4S/c1-12-18(13-5-8-15(28-4)9-6-13)21-20(29-12)22-19(25)14-7-10-16(23(2)3)17(11-14)24(26)27/h5-11H,1-4H3,(H,21,22,25). The zero-order valence-electron chi connectivity index (χ0n) is 16.4. The minimum absolute atomic E-state index is 0.128. The lowest BCUT2D eigenvalue weighted by Gasteiger charge is -2.13. The summed E-state index contributed by atoms with van der Waals surface area (Å²) in [5, 5.41) is 14.5. The van der Waals surface area contributed by atoms with Crippen molar-refractivity contribution in [2.45, 2.75) is 6.92 Å². The zero-order valence-corrected chi connectivity index (χ0v) is 17.2. The van der Waals surface area contributed by atoms with Gasteiger partial charge in [-0.3, -0.25) is 20.2 Å². The van der Waals surface area contributed by atoms with Crippen LogP contribution < -0.4 is 15.0 Å². The van der Waals surface area contributed by atoms with Gasteiger partial charge in [0.05, 0.1) is 17.7 Å². The van der Waals surface area contributed by atoms with Crippen molar-refractivity contribution in [2.75, 3.05) is 31.4 Å². The third kappa shape index (κ3) is 4.35. The van der Waals surface area contributed by atoms with Crippen molar-refractivity contribution >= 4 is 33.8 Å². The van der Waals surface area contributed by atoms with E-state index in [1.54, 1.807) is 38.2 Å². The van der Waals surface area contributed by atoms with Crippen LogP contribution in [0.5, 0.6) is 5.75 Å². The van der Waals surface area contributed by atoms with Crippen LogP contribution in [-0.4, -0.2) is 37.0 Å². The maximum atomic E-state index is 12.6. The summed E-state index contributed by atoms with van der Waals surface area (Å²) >= 11 is 1.34. The Morgan fingerprint density at radius 3 is 2.48 bits per heavy atom. The summed E-state index contributed by atoms with van der Waals surface area (Å²) in [7, 11) is 5.02. The van der Waals surface area contributed by atoms with E-state index in [2.05, 4.69) is 10.3 Å². The fourth-order valence-corrected chi connectivity index (χ4v) is 3.66. The van der Waals surface area contributed by atoms with Gasteiger partial charge in [-0.25, -0.2) is 4.98 Å². The molecule has 0 aliphatic carbocycles. The molecule has 0 saturated carbocycles. The van der Waals surface area contributed by atoms with E-state index in [4.69, 9.17) is 4.74 Å². The number of nitrogens with zero attached hydrogens (tertiary/aromatic N) is 3. The highest BCUT2D eigenvalue weighted by molar-refractivity contribution is 7.16. The van der Waals surface area contributed by atoms with Crippen molar-refractivity contribution in [3.05, 3.63) is 63.0 Å². The minimum atomic E-state index is -0.499. The molecule has 2 aromatic carbocycles. The van der Waals surface area contributed by atoms with Crippen LogP contribution in [0.2, 0.25) is 0 Å². The Morgan fingerprint density at radius 2 is 1.90 bits per heavy atom. The number of thiazole rings is 1. The molecule has 1 N–H and O–H groups in total. The first-order chi connectivity index (χ1) is 13.8. The zero-order chi connectivity index (χ0) is 21.1. The van der Waals surface area contributed by atoms with E-state index in [0.717, 1.165) is 21.9 Å². The number of methoxy groups -OCH3 is 1. The van der Waals surface area contributed by atoms with Gasteiger partial charge < -0.3 is 9.64 Å². The van der Waals surface area contributed by atoms with Crippen LogP contribution in [0.1, 0.15) is 15.2 Å². The third-order valence-corrected chi connectivity index (χ3v) is 5.18. The molecule has 150 valence electrons. The molecule has 0 fully saturated rings. The number of aromatic nitrogens is 1. The van der Waals surface area contributed by atoms with Crippen LogP contribution in [0.25, 0.3) is 11.3 Å². The number of benzene rings is 2. The van der Waals surface area contributed by atoms with E-state index >= 15 is 0 Å². The largest absolute Gasteiger partial charge is 0.497 e. The monoisotopic (exact) mass is 412 g/mol. The normalized spacial score (nSPS) is 10.5. The van der Waals surface area contributed by atoms with Gasteiger partial charge in [0.2, 0.25) is 0 Å². The van der Waals surface area contributed by atoms with E-state index in [1.165, 1.54) is 17.4 Å². The first-order valence-corrected chi connectivity index (χ1v) is 9.50. The summed E-state index contributed by atoms with van der Waals surface area (Å²) in [6.45, 7) is 1.92. The van der Waals surface area contributed by atoms with Crippen molar-refractivity contribution in [3.63, 3.8) is 0 Å². The summed E-state index contributed by atoms with van der Waals surface area (Å²) < 4.78 is 5.17. The molecule has 3 aromatic rings. The molecular weight excluding hydrogens is 392 g/mol. The van der Waals surface area contributed by atoms with Crippen molar-refractivity contribution in [1.29, 1.82) is 0 Å². The Kier molecular flexibility index (Phi) is 5.79. The molecule has 0 radical (unpaired) electrons. The molecule has 0 bridgehead atoms. The highest BCUT2D eigenvalue weighted by Gasteiger charge is 2.20. The van der Waals surface area contributed by atoms with Crippen molar-refractivity contribution in [2.24, 2.45) is 0 Å². The SMILES string of the molecule is COc1ccc(-c2nc(NC(=O)c3ccc(N(C)C)c([N+](=O)[O-])c3)sc2C)cc1. The predicted octanol–water partition coefficient (Wildman–Crippen LogP) is 4.35. The maximum absolute atomic E-state index is 12.6. The fourth-order valence-electron chi connectivity index (χ4n) is 2.82. The van der Waals surface area contributed by atoms with Crippen LogP contribution in [0.3, 0.4) is 0 Å². The van der Waals surface area contributed by atoms with Crippen LogP contribution in [0, 0.1) is 17.0 Å². The lowest BCUT2D eigenvalue weighted by molar-refractivity contribution is -0.384. The second kappa shape index (κ2) is 8.27. The molecule has 1 aromatic heterocycles. The molecular formula is C20H20N4O4S. The average molecular weight is 412 g/mol. The number of nitro benzene ring substituents is 1. The first kappa shape index (κ1) is 20.3. The summed E-state index contributed by atoms with van der Waals surface area (Å²) in [4.78, 5) is 30.5. The predicted molar refractivity (Wildman–Crippen MR) is 114 cm³/mol. The molecule has 1 heterocycles. The van der Waals surface area contributed by atoms with Crippen LogP contribution >= 0.6 is 11.3 Å². The number of carbonyl (C=O) groups is 1.